The fraction of sp³-hybridized carbons (Fsp3) is 0.250. The molecule has 0 unspecified atom stereocenters. The van der Waals surface area contributed by atoms with E-state index in [4.69, 9.17) is 27.8 Å². The second-order valence-corrected chi connectivity index (χ2v) is 7.94. The van der Waals surface area contributed by atoms with Gasteiger partial charge in [-0.25, -0.2) is 23.5 Å². The van der Waals surface area contributed by atoms with Crippen LogP contribution >= 0.6 is 11.6 Å². The molecule has 0 radical (unpaired) electrons. The number of nitrogen functional groups attached to an aromatic ring is 2. The molecule has 1 fully saturated rings. The Hall–Kier alpha value is -3.60. The number of piperazine rings is 1. The summed E-state index contributed by atoms with van der Waals surface area (Å²) < 4.78 is 36.4. The highest BCUT2D eigenvalue weighted by Gasteiger charge is 2.37. The van der Waals surface area contributed by atoms with E-state index in [1.807, 2.05) is 4.90 Å². The fourth-order valence-electron chi connectivity index (χ4n) is 4.26. The lowest BCUT2D eigenvalue weighted by molar-refractivity contribution is 0.127. The van der Waals surface area contributed by atoms with E-state index in [0.717, 1.165) is 6.07 Å². The summed E-state index contributed by atoms with van der Waals surface area (Å²) in [5.41, 5.74) is 11.0. The monoisotopic (exact) mass is 462 g/mol. The normalized spacial score (nSPS) is 17.7. The molecule has 1 atom stereocenters. The fourth-order valence-corrected chi connectivity index (χ4v) is 4.58. The smallest absolute Gasteiger partial charge is 0.407 e. The maximum Gasteiger partial charge on any atom is 0.407 e. The van der Waals surface area contributed by atoms with Gasteiger partial charge in [0.15, 0.2) is 11.6 Å². The van der Waals surface area contributed by atoms with Gasteiger partial charge < -0.3 is 31.1 Å². The largest absolute Gasteiger partial charge is 0.489 e. The van der Waals surface area contributed by atoms with Gasteiger partial charge in [0.25, 0.3) is 0 Å². The number of nitrogens with two attached hydrogens (primary N) is 2. The molecule has 5 N–H and O–H groups in total. The van der Waals surface area contributed by atoms with E-state index in [1.54, 1.807) is 0 Å². The van der Waals surface area contributed by atoms with Crippen LogP contribution in [0.5, 0.6) is 5.75 Å². The van der Waals surface area contributed by atoms with Gasteiger partial charge in [-0.05, 0) is 12.1 Å². The molecule has 0 saturated carbocycles. The molecule has 2 aliphatic heterocycles. The Bertz CT molecular complexity index is 1290. The third kappa shape index (κ3) is 2.84. The van der Waals surface area contributed by atoms with Gasteiger partial charge in [-0.2, -0.15) is 0 Å². The summed E-state index contributed by atoms with van der Waals surface area (Å²) in [4.78, 5) is 22.9. The summed E-state index contributed by atoms with van der Waals surface area (Å²) in [5.74, 6) is -1.25. The zero-order valence-corrected chi connectivity index (χ0v) is 17.2. The standard InChI is InChI=1S/C20H17ClF2N6O3/c21-14-12(11-9(22)1-2-10(24)16(11)25)15(23)17-13-18(14)32-6-8-5-28(20(30)31)3-4-29(8)19(13)27-7-26-17/h1-2,7-8H,3-6,24-25H2,(H,30,31)/t8-/m0/s1. The molecule has 0 spiro atoms. The van der Waals surface area contributed by atoms with Gasteiger partial charge in [0.2, 0.25) is 0 Å². The Labute approximate surface area is 185 Å². The van der Waals surface area contributed by atoms with Gasteiger partial charge >= 0.3 is 6.09 Å². The second kappa shape index (κ2) is 7.23. The zero-order valence-electron chi connectivity index (χ0n) is 16.5. The van der Waals surface area contributed by atoms with Crippen LogP contribution in [0.1, 0.15) is 0 Å². The number of benzene rings is 2. The van der Waals surface area contributed by atoms with Crippen LogP contribution in [0, 0.1) is 11.6 Å². The molecule has 3 aromatic rings. The van der Waals surface area contributed by atoms with Crippen molar-refractivity contribution < 1.29 is 23.4 Å². The van der Waals surface area contributed by atoms with Gasteiger partial charge in [-0.3, -0.25) is 0 Å². The molecule has 0 bridgehead atoms. The van der Waals surface area contributed by atoms with Crippen LogP contribution in [0.3, 0.4) is 0 Å². The number of rotatable bonds is 1. The number of aromatic nitrogens is 2. The average Bonchev–Trinajstić information content (AvgIpc) is 2.94. The number of carboxylic acid groups (broad SMARTS) is 1. The minimum absolute atomic E-state index is 0.0505. The first-order chi connectivity index (χ1) is 15.3. The van der Waals surface area contributed by atoms with Gasteiger partial charge in [-0.15, -0.1) is 0 Å². The number of nitrogens with zero attached hydrogens (tertiary/aromatic N) is 4. The van der Waals surface area contributed by atoms with Crippen LogP contribution < -0.4 is 21.1 Å². The number of fused-ring (bicyclic) bond motifs is 2. The van der Waals surface area contributed by atoms with E-state index in [0.29, 0.717) is 12.4 Å². The molecular weight excluding hydrogens is 446 g/mol. The van der Waals surface area contributed by atoms with Crippen LogP contribution in [-0.2, 0) is 0 Å². The molecule has 166 valence electrons. The Morgan fingerprint density at radius 1 is 1.22 bits per heavy atom. The molecular formula is C20H17ClF2N6O3. The molecule has 5 rings (SSSR count). The average molecular weight is 463 g/mol. The Kier molecular flexibility index (Phi) is 4.59. The Morgan fingerprint density at radius 2 is 2.00 bits per heavy atom. The number of halogens is 3. The highest BCUT2D eigenvalue weighted by atomic mass is 35.5. The lowest BCUT2D eigenvalue weighted by Gasteiger charge is -2.39. The van der Waals surface area contributed by atoms with E-state index >= 15 is 4.39 Å². The molecule has 0 aliphatic carbocycles. The van der Waals surface area contributed by atoms with E-state index in [9.17, 15) is 14.3 Å². The molecule has 2 aliphatic rings. The summed E-state index contributed by atoms with van der Waals surface area (Å²) in [7, 11) is 0. The van der Waals surface area contributed by atoms with Crippen molar-refractivity contribution in [2.75, 3.05) is 42.6 Å². The number of ether oxygens (including phenoxy) is 1. The third-order valence-corrected chi connectivity index (χ3v) is 6.18. The molecule has 1 amide bonds. The summed E-state index contributed by atoms with van der Waals surface area (Å²) >= 11 is 6.57. The molecule has 9 nitrogen and oxygen atoms in total. The van der Waals surface area contributed by atoms with Gasteiger partial charge in [0, 0.05) is 30.8 Å². The number of anilines is 3. The molecule has 32 heavy (non-hydrogen) atoms. The SMILES string of the molecule is Nc1ccc(F)c(-c2c(Cl)c3c4c(ncnc4c2F)N2CCN(C(=O)O)C[C@H]2CO3)c1N. The molecule has 1 aromatic heterocycles. The van der Waals surface area contributed by atoms with Gasteiger partial charge in [0.05, 0.1) is 27.8 Å². The maximum absolute atomic E-state index is 15.8. The molecule has 3 heterocycles. The van der Waals surface area contributed by atoms with Crippen molar-refractivity contribution in [2.45, 2.75) is 6.04 Å². The highest BCUT2D eigenvalue weighted by Crippen LogP contribution is 2.49. The van der Waals surface area contributed by atoms with Gasteiger partial charge in [0.1, 0.15) is 30.1 Å². The maximum atomic E-state index is 15.8. The Balaban J connectivity index is 1.76. The Morgan fingerprint density at radius 3 is 2.75 bits per heavy atom. The van der Waals surface area contributed by atoms with Crippen molar-refractivity contribution in [3.05, 3.63) is 35.1 Å². The van der Waals surface area contributed by atoms with Crippen molar-refractivity contribution in [1.29, 1.82) is 0 Å². The summed E-state index contributed by atoms with van der Waals surface area (Å²) in [6, 6.07) is 1.97. The predicted molar refractivity (Wildman–Crippen MR) is 115 cm³/mol. The third-order valence-electron chi connectivity index (χ3n) is 5.82. The zero-order chi connectivity index (χ0) is 22.7. The van der Waals surface area contributed by atoms with Crippen molar-refractivity contribution >= 4 is 45.8 Å². The molecule has 1 saturated heterocycles. The topological polar surface area (TPSA) is 131 Å². The molecule has 2 aromatic carbocycles. The number of amides is 1. The summed E-state index contributed by atoms with van der Waals surface area (Å²) in [5, 5.41) is 9.39. The van der Waals surface area contributed by atoms with Crippen molar-refractivity contribution in [1.82, 2.24) is 14.9 Å². The van der Waals surface area contributed by atoms with E-state index in [2.05, 4.69) is 9.97 Å². The first-order valence-electron chi connectivity index (χ1n) is 9.66. The number of carbonyl (C=O) groups is 1. The first kappa shape index (κ1) is 20.3. The minimum Gasteiger partial charge on any atom is -0.489 e. The van der Waals surface area contributed by atoms with E-state index in [-0.39, 0.29) is 69.9 Å². The number of hydrogen-bond donors (Lipinski definition) is 3. The summed E-state index contributed by atoms with van der Waals surface area (Å²) in [6.07, 6.45) is 0.144. The van der Waals surface area contributed by atoms with Crippen LogP contribution in [0.2, 0.25) is 5.02 Å². The van der Waals surface area contributed by atoms with E-state index in [1.165, 1.54) is 17.3 Å². The van der Waals surface area contributed by atoms with Crippen molar-refractivity contribution in [3.8, 4) is 16.9 Å². The minimum atomic E-state index is -1.04. The quantitative estimate of drug-likeness (QED) is 0.470. The molecule has 12 heteroatoms. The van der Waals surface area contributed by atoms with Crippen LogP contribution in [0.25, 0.3) is 22.0 Å². The summed E-state index contributed by atoms with van der Waals surface area (Å²) in [6.45, 7) is 0.781. The van der Waals surface area contributed by atoms with Crippen molar-refractivity contribution in [3.63, 3.8) is 0 Å². The lowest BCUT2D eigenvalue weighted by Crippen LogP contribution is -2.56. The van der Waals surface area contributed by atoms with Crippen LogP contribution in [-0.4, -0.2) is 58.4 Å². The second-order valence-electron chi connectivity index (χ2n) is 7.57. The van der Waals surface area contributed by atoms with E-state index < -0.39 is 17.7 Å². The lowest BCUT2D eigenvalue weighted by atomic mass is 9.98. The highest BCUT2D eigenvalue weighted by molar-refractivity contribution is 6.37. The first-order valence-corrected chi connectivity index (χ1v) is 10.0. The van der Waals surface area contributed by atoms with Crippen molar-refractivity contribution in [2.24, 2.45) is 0 Å². The van der Waals surface area contributed by atoms with Crippen LogP contribution in [0.15, 0.2) is 18.5 Å². The van der Waals surface area contributed by atoms with Crippen LogP contribution in [0.4, 0.5) is 30.8 Å². The van der Waals surface area contributed by atoms with Gasteiger partial charge in [-0.1, -0.05) is 11.6 Å². The predicted octanol–water partition coefficient (Wildman–Crippen LogP) is 2.95. The number of hydrogen-bond acceptors (Lipinski definition) is 7.